The molecule has 0 aromatic heterocycles. The molecule has 8 heteroatoms. The first-order valence-electron chi connectivity index (χ1n) is 11.2. The Morgan fingerprint density at radius 2 is 1.72 bits per heavy atom. The van der Waals surface area contributed by atoms with Crippen LogP contribution in [0.5, 0.6) is 5.75 Å². The van der Waals surface area contributed by atoms with Crippen LogP contribution in [0.2, 0.25) is 0 Å². The van der Waals surface area contributed by atoms with Gasteiger partial charge in [-0.05, 0) is 80.6 Å². The number of amides is 1. The van der Waals surface area contributed by atoms with Crippen molar-refractivity contribution >= 4 is 21.6 Å². The van der Waals surface area contributed by atoms with Gasteiger partial charge < -0.3 is 15.0 Å². The lowest BCUT2D eigenvalue weighted by atomic mass is 9.92. The first-order chi connectivity index (χ1) is 15.3. The van der Waals surface area contributed by atoms with Gasteiger partial charge in [0, 0.05) is 31.9 Å². The Morgan fingerprint density at radius 1 is 1.00 bits per heavy atom. The summed E-state index contributed by atoms with van der Waals surface area (Å²) in [5.41, 5.74) is 3.77. The summed E-state index contributed by atoms with van der Waals surface area (Å²) in [7, 11) is -1.63. The first kappa shape index (κ1) is 22.8. The number of carbonyl (C=O) groups excluding carboxylic acids is 1. The maximum Gasteiger partial charge on any atom is 0.262 e. The van der Waals surface area contributed by atoms with E-state index in [1.165, 1.54) is 28.3 Å². The fraction of sp³-hybridized carbons (Fsp3) is 0.458. The molecule has 4 rings (SSSR count). The number of benzene rings is 2. The van der Waals surface area contributed by atoms with E-state index in [1.807, 2.05) is 19.2 Å². The molecule has 1 aliphatic carbocycles. The quantitative estimate of drug-likeness (QED) is 0.722. The van der Waals surface area contributed by atoms with Gasteiger partial charge >= 0.3 is 0 Å². The number of ether oxygens (including phenoxy) is 1. The zero-order valence-electron chi connectivity index (χ0n) is 18.8. The topological polar surface area (TPSA) is 78.9 Å². The second kappa shape index (κ2) is 9.60. The lowest BCUT2D eigenvalue weighted by molar-refractivity contribution is -0.118. The third kappa shape index (κ3) is 5.14. The molecule has 0 saturated carbocycles. The molecule has 1 aliphatic heterocycles. The van der Waals surface area contributed by atoms with Crippen molar-refractivity contribution in [2.45, 2.75) is 37.5 Å². The SMILES string of the molecule is Cc1ccc(NC(=O)COc2ccc3c(c2)CCCC3)cc1S(=O)(=O)N1CCN(C)CC1. The molecule has 0 spiro atoms. The van der Waals surface area contributed by atoms with Crippen LogP contribution in [-0.2, 0) is 27.7 Å². The second-order valence-corrected chi connectivity index (χ2v) is 10.6. The normalized spacial score (nSPS) is 17.6. The third-order valence-electron chi connectivity index (χ3n) is 6.24. The number of carbonyl (C=O) groups is 1. The molecule has 0 radical (unpaired) electrons. The Balaban J connectivity index is 1.40. The molecule has 172 valence electrons. The van der Waals surface area contributed by atoms with Gasteiger partial charge in [0.1, 0.15) is 5.75 Å². The number of rotatable bonds is 6. The van der Waals surface area contributed by atoms with E-state index < -0.39 is 10.0 Å². The van der Waals surface area contributed by atoms with Gasteiger partial charge in [-0.25, -0.2) is 8.42 Å². The van der Waals surface area contributed by atoms with Crippen LogP contribution in [-0.4, -0.2) is 63.4 Å². The number of nitrogens with one attached hydrogen (secondary N) is 1. The average Bonchev–Trinajstić information content (AvgIpc) is 2.79. The maximum atomic E-state index is 13.2. The number of aryl methyl sites for hydroxylation is 3. The van der Waals surface area contributed by atoms with Gasteiger partial charge in [0.2, 0.25) is 10.0 Å². The zero-order valence-corrected chi connectivity index (χ0v) is 19.6. The number of fused-ring (bicyclic) bond motifs is 1. The Hall–Kier alpha value is -2.42. The van der Waals surface area contributed by atoms with Crippen LogP contribution in [0, 0.1) is 6.92 Å². The van der Waals surface area contributed by atoms with E-state index in [0.717, 1.165) is 12.8 Å². The summed E-state index contributed by atoms with van der Waals surface area (Å²) in [6.45, 7) is 3.97. The van der Waals surface area contributed by atoms with Gasteiger partial charge in [0.05, 0.1) is 4.90 Å². The molecule has 7 nitrogen and oxygen atoms in total. The summed E-state index contributed by atoms with van der Waals surface area (Å²) >= 11 is 0. The highest BCUT2D eigenvalue weighted by Gasteiger charge is 2.29. The summed E-state index contributed by atoms with van der Waals surface area (Å²) in [4.78, 5) is 14.8. The van der Waals surface area contributed by atoms with E-state index in [9.17, 15) is 13.2 Å². The van der Waals surface area contributed by atoms with E-state index in [-0.39, 0.29) is 17.4 Å². The highest BCUT2D eigenvalue weighted by Crippen LogP contribution is 2.26. The molecule has 2 aliphatic rings. The molecule has 1 saturated heterocycles. The van der Waals surface area contributed by atoms with Crippen LogP contribution in [0.25, 0.3) is 0 Å². The van der Waals surface area contributed by atoms with E-state index in [1.54, 1.807) is 25.1 Å². The molecule has 32 heavy (non-hydrogen) atoms. The fourth-order valence-corrected chi connectivity index (χ4v) is 5.94. The Morgan fingerprint density at radius 3 is 2.47 bits per heavy atom. The lowest BCUT2D eigenvalue weighted by Crippen LogP contribution is -2.47. The number of hydrogen-bond acceptors (Lipinski definition) is 5. The van der Waals surface area contributed by atoms with Crippen LogP contribution >= 0.6 is 0 Å². The van der Waals surface area contributed by atoms with E-state index >= 15 is 0 Å². The van der Waals surface area contributed by atoms with Gasteiger partial charge in [-0.2, -0.15) is 4.31 Å². The van der Waals surface area contributed by atoms with Crippen LogP contribution in [0.15, 0.2) is 41.3 Å². The molecule has 1 heterocycles. The summed E-state index contributed by atoms with van der Waals surface area (Å²) < 4.78 is 33.5. The summed E-state index contributed by atoms with van der Waals surface area (Å²) in [5, 5.41) is 2.77. The smallest absolute Gasteiger partial charge is 0.262 e. The minimum absolute atomic E-state index is 0.132. The number of sulfonamides is 1. The fourth-order valence-electron chi connectivity index (χ4n) is 4.27. The predicted molar refractivity (Wildman–Crippen MR) is 125 cm³/mol. The van der Waals surface area contributed by atoms with Crippen molar-refractivity contribution in [2.24, 2.45) is 0 Å². The third-order valence-corrected chi connectivity index (χ3v) is 8.28. The standard InChI is InChI=1S/C24H31N3O4S/c1-18-7-9-21(16-23(18)32(29,30)27-13-11-26(2)12-14-27)25-24(28)17-31-22-10-8-19-5-3-4-6-20(19)15-22/h7-10,15-16H,3-6,11-14,17H2,1-2H3,(H,25,28). The van der Waals surface area contributed by atoms with Crippen LogP contribution < -0.4 is 10.1 Å². The Bertz CT molecular complexity index is 1090. The maximum absolute atomic E-state index is 13.2. The average molecular weight is 458 g/mol. The van der Waals surface area contributed by atoms with Crippen LogP contribution in [0.3, 0.4) is 0 Å². The van der Waals surface area contributed by atoms with Gasteiger partial charge in [0.25, 0.3) is 5.91 Å². The molecular formula is C24H31N3O4S. The van der Waals surface area contributed by atoms with Crippen molar-refractivity contribution in [3.63, 3.8) is 0 Å². The molecule has 2 aromatic carbocycles. The summed E-state index contributed by atoms with van der Waals surface area (Å²) in [5.74, 6) is 0.359. The number of nitrogens with zero attached hydrogens (tertiary/aromatic N) is 2. The number of piperazine rings is 1. The van der Waals surface area contributed by atoms with Crippen molar-refractivity contribution in [2.75, 3.05) is 45.2 Å². The Kier molecular flexibility index (Phi) is 6.83. The van der Waals surface area contributed by atoms with Crippen molar-refractivity contribution in [3.8, 4) is 5.75 Å². The van der Waals surface area contributed by atoms with Gasteiger partial charge in [-0.1, -0.05) is 12.1 Å². The molecule has 1 amide bonds. The molecule has 0 atom stereocenters. The highest BCUT2D eigenvalue weighted by atomic mass is 32.2. The van der Waals surface area contributed by atoms with Crippen LogP contribution in [0.1, 0.15) is 29.5 Å². The number of likely N-dealkylation sites (N-methyl/N-ethyl adjacent to an activating group) is 1. The van der Waals surface area contributed by atoms with Crippen molar-refractivity contribution in [1.29, 1.82) is 0 Å². The molecule has 0 bridgehead atoms. The lowest BCUT2D eigenvalue weighted by Gasteiger charge is -2.32. The Labute approximate surface area is 190 Å². The molecule has 1 fully saturated rings. The van der Waals surface area contributed by atoms with Gasteiger partial charge in [-0.15, -0.1) is 0 Å². The number of anilines is 1. The molecule has 1 N–H and O–H groups in total. The van der Waals surface area contributed by atoms with Gasteiger partial charge in [0.15, 0.2) is 6.61 Å². The zero-order chi connectivity index (χ0) is 22.7. The number of hydrogen-bond donors (Lipinski definition) is 1. The monoisotopic (exact) mass is 457 g/mol. The van der Waals surface area contributed by atoms with Crippen LogP contribution in [0.4, 0.5) is 5.69 Å². The second-order valence-electron chi connectivity index (χ2n) is 8.66. The van der Waals surface area contributed by atoms with E-state index in [2.05, 4.69) is 16.3 Å². The first-order valence-corrected chi connectivity index (χ1v) is 12.6. The highest BCUT2D eigenvalue weighted by molar-refractivity contribution is 7.89. The van der Waals surface area contributed by atoms with Crippen molar-refractivity contribution in [3.05, 3.63) is 53.1 Å². The van der Waals surface area contributed by atoms with Gasteiger partial charge in [-0.3, -0.25) is 4.79 Å². The molecule has 0 unspecified atom stereocenters. The molecule has 2 aromatic rings. The minimum atomic E-state index is -3.61. The predicted octanol–water partition coefficient (Wildman–Crippen LogP) is 2.83. The van der Waals surface area contributed by atoms with Crippen molar-refractivity contribution < 1.29 is 17.9 Å². The van der Waals surface area contributed by atoms with E-state index in [4.69, 9.17) is 4.74 Å². The largest absolute Gasteiger partial charge is 0.484 e. The van der Waals surface area contributed by atoms with E-state index in [0.29, 0.717) is 43.2 Å². The molecular weight excluding hydrogens is 426 g/mol. The van der Waals surface area contributed by atoms with Crippen molar-refractivity contribution in [1.82, 2.24) is 9.21 Å². The summed E-state index contributed by atoms with van der Waals surface area (Å²) in [6, 6.07) is 11.0. The summed E-state index contributed by atoms with van der Waals surface area (Å²) in [6.07, 6.45) is 4.55. The minimum Gasteiger partial charge on any atom is -0.484 e.